The van der Waals surface area contributed by atoms with Crippen LogP contribution < -0.4 is 0 Å². The summed E-state index contributed by atoms with van der Waals surface area (Å²) in [5.41, 5.74) is 1.23. The van der Waals surface area contributed by atoms with E-state index < -0.39 is 12.1 Å². The quantitative estimate of drug-likeness (QED) is 0.588. The van der Waals surface area contributed by atoms with Gasteiger partial charge in [0.2, 0.25) is 0 Å². The number of benzene rings is 1. The van der Waals surface area contributed by atoms with Gasteiger partial charge in [-0.25, -0.2) is 5.01 Å². The van der Waals surface area contributed by atoms with Crippen LogP contribution in [0.5, 0.6) is 0 Å². The summed E-state index contributed by atoms with van der Waals surface area (Å²) in [6, 6.07) is 10.1. The van der Waals surface area contributed by atoms with Crippen LogP contribution in [-0.2, 0) is 25.5 Å². The van der Waals surface area contributed by atoms with Crippen molar-refractivity contribution in [3.05, 3.63) is 35.9 Å². The molecule has 0 spiro atoms. The smallest absolute Gasteiger partial charge is 0.308 e. The zero-order valence-electron chi connectivity index (χ0n) is 12.6. The average molecular weight is 304 g/mol. The van der Waals surface area contributed by atoms with Crippen molar-refractivity contribution in [2.45, 2.75) is 25.4 Å². The molecule has 1 aliphatic heterocycles. The molecule has 0 radical (unpaired) electrons. The van der Waals surface area contributed by atoms with Gasteiger partial charge < -0.3 is 9.47 Å². The molecular formula is C16H20N2O4. The van der Waals surface area contributed by atoms with Gasteiger partial charge in [-0.1, -0.05) is 30.3 Å². The number of morpholine rings is 1. The van der Waals surface area contributed by atoms with E-state index in [1.165, 1.54) is 17.7 Å². The number of hydrazone groups is 1. The Morgan fingerprint density at radius 1 is 1.45 bits per heavy atom. The number of hydrogen-bond acceptors (Lipinski definition) is 5. The predicted molar refractivity (Wildman–Crippen MR) is 81.3 cm³/mol. The van der Waals surface area contributed by atoms with Crippen molar-refractivity contribution in [3.8, 4) is 0 Å². The molecule has 1 heterocycles. The lowest BCUT2D eigenvalue weighted by atomic mass is 10.1. The molecule has 1 amide bonds. The van der Waals surface area contributed by atoms with E-state index in [4.69, 9.17) is 4.74 Å². The van der Waals surface area contributed by atoms with Crippen LogP contribution in [0.4, 0.5) is 0 Å². The van der Waals surface area contributed by atoms with E-state index in [9.17, 15) is 9.59 Å². The van der Waals surface area contributed by atoms with Gasteiger partial charge in [0, 0.05) is 6.21 Å². The number of ether oxygens (including phenoxy) is 2. The third-order valence-electron chi connectivity index (χ3n) is 3.36. The summed E-state index contributed by atoms with van der Waals surface area (Å²) in [7, 11) is 1.29. The molecule has 6 nitrogen and oxygen atoms in total. The van der Waals surface area contributed by atoms with Crippen molar-refractivity contribution in [1.82, 2.24) is 5.01 Å². The molecule has 0 bridgehead atoms. The zero-order chi connectivity index (χ0) is 15.8. The van der Waals surface area contributed by atoms with E-state index in [0.717, 1.165) is 12.8 Å². The van der Waals surface area contributed by atoms with E-state index in [1.54, 1.807) is 6.21 Å². The Kier molecular flexibility index (Phi) is 6.09. The van der Waals surface area contributed by atoms with E-state index in [2.05, 4.69) is 22.0 Å². The van der Waals surface area contributed by atoms with Crippen molar-refractivity contribution in [2.75, 3.05) is 20.3 Å². The van der Waals surface area contributed by atoms with Crippen LogP contribution in [0, 0.1) is 0 Å². The van der Waals surface area contributed by atoms with Crippen molar-refractivity contribution in [1.29, 1.82) is 0 Å². The maximum absolute atomic E-state index is 12.1. The summed E-state index contributed by atoms with van der Waals surface area (Å²) < 4.78 is 9.86. The molecule has 1 fully saturated rings. The van der Waals surface area contributed by atoms with Crippen molar-refractivity contribution in [3.63, 3.8) is 0 Å². The number of aryl methyl sites for hydroxylation is 1. The molecule has 1 saturated heterocycles. The second-order valence-corrected chi connectivity index (χ2v) is 4.92. The van der Waals surface area contributed by atoms with Gasteiger partial charge in [-0.05, 0) is 18.4 Å². The van der Waals surface area contributed by atoms with Gasteiger partial charge in [0.15, 0.2) is 0 Å². The molecular weight excluding hydrogens is 284 g/mol. The first-order valence-electron chi connectivity index (χ1n) is 7.27. The van der Waals surface area contributed by atoms with E-state index in [1.807, 2.05) is 18.2 Å². The molecule has 6 heteroatoms. The Bertz CT molecular complexity index is 530. The van der Waals surface area contributed by atoms with Crippen LogP contribution in [0.3, 0.4) is 0 Å². The highest BCUT2D eigenvalue weighted by Crippen LogP contribution is 2.11. The van der Waals surface area contributed by atoms with E-state index in [-0.39, 0.29) is 12.3 Å². The number of hydrogen-bond donors (Lipinski definition) is 0. The molecule has 2 rings (SSSR count). The van der Waals surface area contributed by atoms with Crippen molar-refractivity contribution in [2.24, 2.45) is 5.10 Å². The van der Waals surface area contributed by atoms with Gasteiger partial charge in [-0.15, -0.1) is 0 Å². The van der Waals surface area contributed by atoms with Gasteiger partial charge in [0.25, 0.3) is 5.91 Å². The van der Waals surface area contributed by atoms with Crippen LogP contribution in [-0.4, -0.2) is 49.5 Å². The van der Waals surface area contributed by atoms with Gasteiger partial charge in [-0.3, -0.25) is 9.59 Å². The van der Waals surface area contributed by atoms with Crippen LogP contribution in [0.2, 0.25) is 0 Å². The monoisotopic (exact) mass is 304 g/mol. The fourth-order valence-corrected chi connectivity index (χ4v) is 2.16. The second kappa shape index (κ2) is 8.29. The molecule has 22 heavy (non-hydrogen) atoms. The summed E-state index contributed by atoms with van der Waals surface area (Å²) in [5, 5.41) is 5.55. The Morgan fingerprint density at radius 2 is 2.23 bits per heavy atom. The molecule has 1 aromatic carbocycles. The van der Waals surface area contributed by atoms with E-state index in [0.29, 0.717) is 13.2 Å². The highest BCUT2D eigenvalue weighted by molar-refractivity contribution is 5.86. The van der Waals surface area contributed by atoms with Crippen LogP contribution in [0.1, 0.15) is 18.4 Å². The Balaban J connectivity index is 1.82. The van der Waals surface area contributed by atoms with Gasteiger partial charge >= 0.3 is 5.97 Å². The number of rotatable bonds is 6. The first-order valence-corrected chi connectivity index (χ1v) is 7.27. The fraction of sp³-hybridized carbons (Fsp3) is 0.438. The first-order chi connectivity index (χ1) is 10.7. The summed E-state index contributed by atoms with van der Waals surface area (Å²) >= 11 is 0. The van der Waals surface area contributed by atoms with Gasteiger partial charge in [0.1, 0.15) is 6.10 Å². The van der Waals surface area contributed by atoms with Crippen LogP contribution in [0.25, 0.3) is 0 Å². The summed E-state index contributed by atoms with van der Waals surface area (Å²) in [6.45, 7) is 0.766. The lowest BCUT2D eigenvalue weighted by Gasteiger charge is -2.28. The third kappa shape index (κ3) is 4.66. The predicted octanol–water partition coefficient (Wildman–Crippen LogP) is 1.40. The van der Waals surface area contributed by atoms with Crippen molar-refractivity contribution >= 4 is 18.1 Å². The number of esters is 1. The zero-order valence-corrected chi connectivity index (χ0v) is 12.6. The normalized spacial score (nSPS) is 18.7. The SMILES string of the molecule is COC(=O)C[C@@H]1OCCN(/N=C/CCc2ccccc2)C1=O. The number of nitrogens with zero attached hydrogens (tertiary/aromatic N) is 2. The molecule has 1 atom stereocenters. The fourth-order valence-electron chi connectivity index (χ4n) is 2.16. The number of carbonyl (C=O) groups excluding carboxylic acids is 2. The minimum atomic E-state index is -0.799. The number of amides is 1. The third-order valence-corrected chi connectivity index (χ3v) is 3.36. The molecule has 118 valence electrons. The maximum atomic E-state index is 12.1. The summed E-state index contributed by atoms with van der Waals surface area (Å²) in [6.07, 6.45) is 2.47. The maximum Gasteiger partial charge on any atom is 0.308 e. The largest absolute Gasteiger partial charge is 0.469 e. The Morgan fingerprint density at radius 3 is 2.95 bits per heavy atom. The minimum Gasteiger partial charge on any atom is -0.469 e. The van der Waals surface area contributed by atoms with Crippen molar-refractivity contribution < 1.29 is 19.1 Å². The highest BCUT2D eigenvalue weighted by Gasteiger charge is 2.31. The summed E-state index contributed by atoms with van der Waals surface area (Å²) in [5.74, 6) is -0.763. The van der Waals surface area contributed by atoms with Gasteiger partial charge in [-0.2, -0.15) is 5.10 Å². The Labute approximate surface area is 129 Å². The molecule has 0 unspecified atom stereocenters. The molecule has 0 aliphatic carbocycles. The topological polar surface area (TPSA) is 68.2 Å². The summed E-state index contributed by atoms with van der Waals surface area (Å²) in [4.78, 5) is 23.4. The molecule has 0 N–H and O–H groups in total. The molecule has 0 aromatic heterocycles. The number of methoxy groups -OCH3 is 1. The standard InChI is InChI=1S/C16H20N2O4/c1-21-15(19)12-14-16(20)18(10-11-22-14)17-9-5-8-13-6-3-2-4-7-13/h2-4,6-7,9,14H,5,8,10-12H2,1H3/b17-9+/t14-/m0/s1. The second-order valence-electron chi connectivity index (χ2n) is 4.92. The van der Waals surface area contributed by atoms with Crippen LogP contribution in [0.15, 0.2) is 35.4 Å². The number of carbonyl (C=O) groups is 2. The van der Waals surface area contributed by atoms with E-state index >= 15 is 0 Å². The van der Waals surface area contributed by atoms with Gasteiger partial charge in [0.05, 0.1) is 26.7 Å². The average Bonchev–Trinajstić information content (AvgIpc) is 2.55. The Hall–Kier alpha value is -2.21. The molecule has 1 aliphatic rings. The molecule has 0 saturated carbocycles. The first kappa shape index (κ1) is 16.2. The lowest BCUT2D eigenvalue weighted by Crippen LogP contribution is -2.46. The van der Waals surface area contributed by atoms with Crippen LogP contribution >= 0.6 is 0 Å². The lowest BCUT2D eigenvalue weighted by molar-refractivity contribution is -0.160. The molecule has 1 aromatic rings. The highest BCUT2D eigenvalue weighted by atomic mass is 16.5. The minimum absolute atomic E-state index is 0.0780.